The number of hydrogen-bond acceptors (Lipinski definition) is 2. The second-order valence-corrected chi connectivity index (χ2v) is 4.96. The molecule has 1 aliphatic heterocycles. The van der Waals surface area contributed by atoms with Gasteiger partial charge in [0.2, 0.25) is 0 Å². The summed E-state index contributed by atoms with van der Waals surface area (Å²) in [6, 6.07) is 3.52. The molecule has 0 saturated carbocycles. The van der Waals surface area contributed by atoms with Crippen LogP contribution < -0.4 is 5.32 Å². The molecule has 0 radical (unpaired) electrons. The summed E-state index contributed by atoms with van der Waals surface area (Å²) < 4.78 is 25.9. The van der Waals surface area contributed by atoms with Gasteiger partial charge in [0.1, 0.15) is 0 Å². The second kappa shape index (κ2) is 6.10. The van der Waals surface area contributed by atoms with Crippen LogP contribution in [-0.4, -0.2) is 37.0 Å². The molecule has 1 aromatic carbocycles. The lowest BCUT2D eigenvalue weighted by atomic mass is 10.0. The first-order valence-corrected chi connectivity index (χ1v) is 6.52. The van der Waals surface area contributed by atoms with Crippen molar-refractivity contribution >= 4 is 5.91 Å². The summed E-state index contributed by atoms with van der Waals surface area (Å²) in [7, 11) is 1.68. The van der Waals surface area contributed by atoms with E-state index in [4.69, 9.17) is 0 Å². The van der Waals surface area contributed by atoms with Gasteiger partial charge in [-0.25, -0.2) is 8.78 Å². The molecule has 0 spiro atoms. The van der Waals surface area contributed by atoms with Gasteiger partial charge in [0, 0.05) is 25.2 Å². The van der Waals surface area contributed by atoms with E-state index in [1.807, 2.05) is 0 Å². The summed E-state index contributed by atoms with van der Waals surface area (Å²) >= 11 is 0. The highest BCUT2D eigenvalue weighted by Gasteiger charge is 2.19. The third-order valence-corrected chi connectivity index (χ3v) is 3.42. The molecule has 104 valence electrons. The summed E-state index contributed by atoms with van der Waals surface area (Å²) in [5.41, 5.74) is 0.178. The Morgan fingerprint density at radius 3 is 2.79 bits per heavy atom. The van der Waals surface area contributed by atoms with Crippen LogP contribution >= 0.6 is 0 Å². The minimum atomic E-state index is -0.991. The molecule has 1 fully saturated rings. The Morgan fingerprint density at radius 1 is 1.37 bits per heavy atom. The van der Waals surface area contributed by atoms with E-state index in [0.717, 1.165) is 37.9 Å². The van der Waals surface area contributed by atoms with Crippen molar-refractivity contribution in [2.24, 2.45) is 0 Å². The molecule has 1 heterocycles. The van der Waals surface area contributed by atoms with Gasteiger partial charge >= 0.3 is 0 Å². The average Bonchev–Trinajstić information content (AvgIpc) is 2.42. The third-order valence-electron chi connectivity index (χ3n) is 3.42. The molecule has 1 atom stereocenters. The van der Waals surface area contributed by atoms with Crippen LogP contribution in [0.5, 0.6) is 0 Å². The number of amides is 1. The summed E-state index contributed by atoms with van der Waals surface area (Å²) in [6.07, 6.45) is 3.36. The van der Waals surface area contributed by atoms with Crippen LogP contribution in [0.3, 0.4) is 0 Å². The van der Waals surface area contributed by atoms with Gasteiger partial charge in [-0.2, -0.15) is 0 Å². The van der Waals surface area contributed by atoms with Crippen molar-refractivity contribution in [3.8, 4) is 0 Å². The molecule has 2 rings (SSSR count). The van der Waals surface area contributed by atoms with Crippen LogP contribution in [-0.2, 0) is 0 Å². The zero-order chi connectivity index (χ0) is 13.8. The molecule has 5 heteroatoms. The number of nitrogens with one attached hydrogen (secondary N) is 1. The Labute approximate surface area is 111 Å². The molecule has 1 N–H and O–H groups in total. The Bertz CT molecular complexity index is 459. The Balaban J connectivity index is 1.99. The largest absolute Gasteiger partial charge is 0.340 e. The van der Waals surface area contributed by atoms with E-state index in [1.54, 1.807) is 11.9 Å². The Morgan fingerprint density at radius 2 is 2.16 bits per heavy atom. The van der Waals surface area contributed by atoms with Gasteiger partial charge in [-0.15, -0.1) is 0 Å². The highest BCUT2D eigenvalue weighted by Crippen LogP contribution is 2.12. The van der Waals surface area contributed by atoms with E-state index in [-0.39, 0.29) is 17.5 Å². The Hall–Kier alpha value is -1.49. The zero-order valence-electron chi connectivity index (χ0n) is 11.0. The highest BCUT2D eigenvalue weighted by molar-refractivity contribution is 5.94. The van der Waals surface area contributed by atoms with Crippen molar-refractivity contribution < 1.29 is 13.6 Å². The van der Waals surface area contributed by atoms with E-state index in [1.165, 1.54) is 6.07 Å². The second-order valence-electron chi connectivity index (χ2n) is 4.96. The first kappa shape index (κ1) is 13.9. The minimum Gasteiger partial charge on any atom is -0.340 e. The fourth-order valence-electron chi connectivity index (χ4n) is 2.34. The van der Waals surface area contributed by atoms with E-state index < -0.39 is 11.6 Å². The van der Waals surface area contributed by atoms with Crippen molar-refractivity contribution in [2.45, 2.75) is 25.3 Å². The number of carbonyl (C=O) groups excluding carboxylic acids is 1. The number of halogens is 2. The molecule has 0 aliphatic carbocycles. The van der Waals surface area contributed by atoms with Gasteiger partial charge in [-0.1, -0.05) is 6.42 Å². The lowest BCUT2D eigenvalue weighted by Gasteiger charge is -2.28. The molecule has 19 heavy (non-hydrogen) atoms. The lowest BCUT2D eigenvalue weighted by Crippen LogP contribution is -2.44. The quantitative estimate of drug-likeness (QED) is 0.911. The van der Waals surface area contributed by atoms with Crippen molar-refractivity contribution in [3.63, 3.8) is 0 Å². The van der Waals surface area contributed by atoms with Gasteiger partial charge in [0.15, 0.2) is 11.6 Å². The van der Waals surface area contributed by atoms with Gasteiger partial charge in [0.05, 0.1) is 0 Å². The smallest absolute Gasteiger partial charge is 0.253 e. The molecule has 1 aliphatic rings. The van der Waals surface area contributed by atoms with Crippen molar-refractivity contribution in [2.75, 3.05) is 20.1 Å². The number of hydrogen-bond donors (Lipinski definition) is 1. The molecular weight excluding hydrogens is 250 g/mol. The van der Waals surface area contributed by atoms with Crippen LogP contribution in [0.4, 0.5) is 8.78 Å². The SMILES string of the molecule is CN(CC1CCCCN1)C(=O)c1ccc(F)c(F)c1. The summed E-state index contributed by atoms with van der Waals surface area (Å²) in [5, 5.41) is 3.35. The number of piperidine rings is 1. The minimum absolute atomic E-state index is 0.178. The summed E-state index contributed by atoms with van der Waals surface area (Å²) in [5.74, 6) is -2.21. The van der Waals surface area contributed by atoms with Gasteiger partial charge in [-0.3, -0.25) is 4.79 Å². The van der Waals surface area contributed by atoms with Crippen LogP contribution in [0.25, 0.3) is 0 Å². The molecule has 1 unspecified atom stereocenters. The predicted molar refractivity (Wildman–Crippen MR) is 69.0 cm³/mol. The van der Waals surface area contributed by atoms with E-state index >= 15 is 0 Å². The predicted octanol–water partition coefficient (Wildman–Crippen LogP) is 2.18. The fraction of sp³-hybridized carbons (Fsp3) is 0.500. The first-order valence-electron chi connectivity index (χ1n) is 6.52. The fourth-order valence-corrected chi connectivity index (χ4v) is 2.34. The lowest BCUT2D eigenvalue weighted by molar-refractivity contribution is 0.0774. The highest BCUT2D eigenvalue weighted by atomic mass is 19.2. The van der Waals surface area contributed by atoms with E-state index in [2.05, 4.69) is 5.32 Å². The number of carbonyl (C=O) groups is 1. The number of benzene rings is 1. The van der Waals surface area contributed by atoms with Crippen LogP contribution in [0, 0.1) is 11.6 Å². The normalized spacial score (nSPS) is 19.2. The number of nitrogens with zero attached hydrogens (tertiary/aromatic N) is 1. The molecule has 1 amide bonds. The average molecular weight is 268 g/mol. The molecule has 1 saturated heterocycles. The maximum atomic E-state index is 13.1. The molecule has 0 aromatic heterocycles. The maximum absolute atomic E-state index is 13.1. The van der Waals surface area contributed by atoms with Crippen molar-refractivity contribution in [1.82, 2.24) is 10.2 Å². The standard InChI is InChI=1S/C14H18F2N2O/c1-18(9-11-4-2-3-7-17-11)14(19)10-5-6-12(15)13(16)8-10/h5-6,8,11,17H,2-4,7,9H2,1H3. The van der Waals surface area contributed by atoms with Crippen LogP contribution in [0.1, 0.15) is 29.6 Å². The van der Waals surface area contributed by atoms with Gasteiger partial charge in [0.25, 0.3) is 5.91 Å². The van der Waals surface area contributed by atoms with Gasteiger partial charge in [-0.05, 0) is 37.6 Å². The summed E-state index contributed by atoms with van der Waals surface area (Å²) in [6.45, 7) is 1.55. The van der Waals surface area contributed by atoms with Crippen molar-refractivity contribution in [3.05, 3.63) is 35.4 Å². The molecule has 0 bridgehead atoms. The van der Waals surface area contributed by atoms with Crippen LogP contribution in [0.2, 0.25) is 0 Å². The van der Waals surface area contributed by atoms with Gasteiger partial charge < -0.3 is 10.2 Å². The molecule has 1 aromatic rings. The van der Waals surface area contributed by atoms with Crippen molar-refractivity contribution in [1.29, 1.82) is 0 Å². The molecular formula is C14H18F2N2O. The number of likely N-dealkylation sites (N-methyl/N-ethyl adjacent to an activating group) is 1. The number of rotatable bonds is 3. The summed E-state index contributed by atoms with van der Waals surface area (Å²) in [4.78, 5) is 13.6. The van der Waals surface area contributed by atoms with E-state index in [0.29, 0.717) is 6.54 Å². The Kier molecular flexibility index (Phi) is 4.47. The van der Waals surface area contributed by atoms with Crippen LogP contribution in [0.15, 0.2) is 18.2 Å². The zero-order valence-corrected chi connectivity index (χ0v) is 11.0. The topological polar surface area (TPSA) is 32.3 Å². The maximum Gasteiger partial charge on any atom is 0.253 e. The monoisotopic (exact) mass is 268 g/mol. The van der Waals surface area contributed by atoms with E-state index in [9.17, 15) is 13.6 Å². The molecule has 3 nitrogen and oxygen atoms in total. The first-order chi connectivity index (χ1) is 9.08. The third kappa shape index (κ3) is 3.50.